The van der Waals surface area contributed by atoms with E-state index in [-0.39, 0.29) is 12.8 Å². The van der Waals surface area contributed by atoms with Gasteiger partial charge in [0.1, 0.15) is 0 Å². The number of hydrogen-bond acceptors (Lipinski definition) is 4. The van der Waals surface area contributed by atoms with Gasteiger partial charge in [0.2, 0.25) is 6.79 Å². The van der Waals surface area contributed by atoms with Crippen molar-refractivity contribution < 1.29 is 19.1 Å². The maximum atomic E-state index is 12.3. The molecule has 1 unspecified atom stereocenters. The van der Waals surface area contributed by atoms with Crippen LogP contribution >= 0.6 is 9.24 Å². The summed E-state index contributed by atoms with van der Waals surface area (Å²) in [4.78, 5) is 24.2. The molecule has 1 heterocycles. The molecule has 2 rings (SSSR count). The van der Waals surface area contributed by atoms with Crippen LogP contribution in [0.5, 0.6) is 0 Å². The Balaban J connectivity index is 1.45. The van der Waals surface area contributed by atoms with Gasteiger partial charge in [-0.05, 0) is 49.9 Å². The lowest BCUT2D eigenvalue weighted by Crippen LogP contribution is -2.17. The zero-order valence-electron chi connectivity index (χ0n) is 20.5. The van der Waals surface area contributed by atoms with Crippen LogP contribution in [0.3, 0.4) is 0 Å². The van der Waals surface area contributed by atoms with E-state index in [2.05, 4.69) is 40.5 Å². The van der Waals surface area contributed by atoms with Crippen molar-refractivity contribution in [1.82, 2.24) is 4.57 Å². The van der Waals surface area contributed by atoms with Gasteiger partial charge in [0, 0.05) is 18.0 Å². The molecule has 0 amide bonds. The lowest BCUT2D eigenvalue weighted by molar-refractivity contribution is -0.151. The van der Waals surface area contributed by atoms with Crippen molar-refractivity contribution in [2.24, 2.45) is 0 Å². The molecular weight excluding hydrogens is 445 g/mol. The van der Waals surface area contributed by atoms with Gasteiger partial charge in [0.25, 0.3) is 0 Å². The minimum atomic E-state index is -0.560. The fourth-order valence-electron chi connectivity index (χ4n) is 3.73. The Morgan fingerprint density at radius 1 is 0.882 bits per heavy atom. The fraction of sp³-hybridized carbons (Fsp3) is 0.500. The molecule has 186 valence electrons. The second-order valence-electron chi connectivity index (χ2n) is 8.50. The van der Waals surface area contributed by atoms with Gasteiger partial charge in [0.15, 0.2) is 0 Å². The van der Waals surface area contributed by atoms with E-state index in [4.69, 9.17) is 9.47 Å². The predicted molar refractivity (Wildman–Crippen MR) is 143 cm³/mol. The van der Waals surface area contributed by atoms with Crippen molar-refractivity contribution >= 4 is 37.5 Å². The van der Waals surface area contributed by atoms with E-state index in [1.165, 1.54) is 43.1 Å². The number of unbranched alkanes of at least 4 members (excludes halogenated alkanes) is 8. The monoisotopic (exact) mass is 485 g/mol. The predicted octanol–water partition coefficient (Wildman–Crippen LogP) is 7.44. The molecule has 0 fully saturated rings. The van der Waals surface area contributed by atoms with E-state index in [9.17, 15) is 9.59 Å². The van der Waals surface area contributed by atoms with Crippen LogP contribution in [-0.4, -0.2) is 23.4 Å². The number of ether oxygens (including phenoxy) is 2. The van der Waals surface area contributed by atoms with Gasteiger partial charge in [-0.1, -0.05) is 81.5 Å². The van der Waals surface area contributed by atoms with Crippen LogP contribution in [0.15, 0.2) is 54.8 Å². The smallest absolute Gasteiger partial charge is 0.421 e. The lowest BCUT2D eigenvalue weighted by Gasteiger charge is -2.07. The quantitative estimate of drug-likeness (QED) is 0.0815. The second-order valence-corrected chi connectivity index (χ2v) is 9.12. The zero-order valence-corrected chi connectivity index (χ0v) is 21.7. The summed E-state index contributed by atoms with van der Waals surface area (Å²) in [6.45, 7) is 1.87. The van der Waals surface area contributed by atoms with Crippen molar-refractivity contribution in [1.29, 1.82) is 0 Å². The first-order valence-corrected chi connectivity index (χ1v) is 13.2. The summed E-state index contributed by atoms with van der Waals surface area (Å²) in [5.41, 5.74) is 0.758. The molecule has 5 nitrogen and oxygen atoms in total. The Labute approximate surface area is 206 Å². The molecule has 0 aliphatic rings. The molecule has 0 bridgehead atoms. The Morgan fingerprint density at radius 3 is 2.32 bits per heavy atom. The van der Waals surface area contributed by atoms with Crippen molar-refractivity contribution in [3.63, 3.8) is 0 Å². The summed E-state index contributed by atoms with van der Waals surface area (Å²) in [5, 5.41) is 1.87. The largest absolute Gasteiger partial charge is 0.428 e. The van der Waals surface area contributed by atoms with Crippen LogP contribution in [0.1, 0.15) is 84.0 Å². The van der Waals surface area contributed by atoms with Crippen molar-refractivity contribution in [3.05, 3.63) is 54.8 Å². The number of benzene rings is 1. The third-order valence-corrected chi connectivity index (χ3v) is 6.13. The number of allylic oxidation sites excluding steroid dienone is 4. The fourth-order valence-corrected chi connectivity index (χ4v) is 4.12. The van der Waals surface area contributed by atoms with E-state index >= 15 is 0 Å². The van der Waals surface area contributed by atoms with Gasteiger partial charge in [-0.15, -0.1) is 9.24 Å². The van der Waals surface area contributed by atoms with Crippen LogP contribution in [0.4, 0.5) is 4.79 Å². The molecule has 2 aromatic rings. The highest BCUT2D eigenvalue weighted by molar-refractivity contribution is 7.28. The van der Waals surface area contributed by atoms with E-state index in [0.717, 1.165) is 48.3 Å². The molecule has 1 aromatic heterocycles. The summed E-state index contributed by atoms with van der Waals surface area (Å²) in [6, 6.07) is 7.56. The van der Waals surface area contributed by atoms with Crippen LogP contribution in [0.25, 0.3) is 10.9 Å². The molecule has 0 N–H and O–H groups in total. The van der Waals surface area contributed by atoms with E-state index in [1.807, 2.05) is 24.3 Å². The topological polar surface area (TPSA) is 57.5 Å². The molecule has 0 aliphatic heterocycles. The first kappa shape index (κ1) is 27.9. The highest BCUT2D eigenvalue weighted by Gasteiger charge is 2.13. The van der Waals surface area contributed by atoms with Crippen LogP contribution in [-0.2, 0) is 14.3 Å². The standard InChI is InChI=1S/C28H40NO4P/c1-2-3-4-5-6-7-8-9-10-11-12-13-14-15-16-21-27(30)32-23-33-28(31)29-22-26(34)24-19-17-18-20-25(24)29/h6-7,9-10,17-20,22H,2-5,8,11-16,21,23,34H2,1H3/b7-6-,10-9-. The van der Waals surface area contributed by atoms with Crippen LogP contribution < -0.4 is 5.30 Å². The molecule has 0 saturated carbocycles. The van der Waals surface area contributed by atoms with Gasteiger partial charge < -0.3 is 9.47 Å². The lowest BCUT2D eigenvalue weighted by atomic mass is 10.1. The molecular formula is C28H40NO4P. The first-order chi connectivity index (χ1) is 16.6. The first-order valence-electron chi connectivity index (χ1n) is 12.6. The molecule has 0 saturated heterocycles. The summed E-state index contributed by atoms with van der Waals surface area (Å²) in [5.74, 6) is -0.331. The van der Waals surface area contributed by atoms with Gasteiger partial charge >= 0.3 is 12.1 Å². The zero-order chi connectivity index (χ0) is 24.4. The molecule has 0 aliphatic carbocycles. The van der Waals surface area contributed by atoms with E-state index < -0.39 is 6.09 Å². The number of nitrogens with zero attached hydrogens (tertiary/aromatic N) is 1. The highest BCUT2D eigenvalue weighted by Crippen LogP contribution is 2.16. The number of carbonyl (C=O) groups excluding carboxylic acids is 2. The number of rotatable bonds is 16. The highest BCUT2D eigenvalue weighted by atomic mass is 31.0. The summed E-state index contributed by atoms with van der Waals surface area (Å²) in [7, 11) is 2.61. The Bertz CT molecular complexity index is 932. The van der Waals surface area contributed by atoms with Gasteiger partial charge in [-0.3, -0.25) is 9.36 Å². The molecule has 0 radical (unpaired) electrons. The Kier molecular flexibility index (Phi) is 14.0. The van der Waals surface area contributed by atoms with Crippen molar-refractivity contribution in [3.8, 4) is 0 Å². The second kappa shape index (κ2) is 17.1. The van der Waals surface area contributed by atoms with Crippen molar-refractivity contribution in [2.45, 2.75) is 84.0 Å². The average molecular weight is 486 g/mol. The summed E-state index contributed by atoms with van der Waals surface area (Å²) < 4.78 is 11.6. The van der Waals surface area contributed by atoms with Gasteiger partial charge in [0.05, 0.1) is 5.52 Å². The normalized spacial score (nSPS) is 11.6. The molecule has 0 spiro atoms. The molecule has 6 heteroatoms. The number of esters is 1. The van der Waals surface area contributed by atoms with E-state index in [0.29, 0.717) is 6.42 Å². The van der Waals surface area contributed by atoms with Gasteiger partial charge in [-0.2, -0.15) is 0 Å². The number of aromatic nitrogens is 1. The Morgan fingerprint density at radius 2 is 1.56 bits per heavy atom. The van der Waals surface area contributed by atoms with Gasteiger partial charge in [-0.25, -0.2) is 4.79 Å². The number of fused-ring (bicyclic) bond motifs is 1. The maximum absolute atomic E-state index is 12.3. The molecule has 1 aromatic carbocycles. The minimum Gasteiger partial charge on any atom is -0.428 e. The summed E-state index contributed by atoms with van der Waals surface area (Å²) in [6.07, 6.45) is 23.1. The minimum absolute atomic E-state index is 0.331. The van der Waals surface area contributed by atoms with Crippen LogP contribution in [0, 0.1) is 0 Å². The molecule has 34 heavy (non-hydrogen) atoms. The number of hydrogen-bond donors (Lipinski definition) is 0. The number of carbonyl (C=O) groups is 2. The third kappa shape index (κ3) is 10.7. The number of para-hydroxylation sites is 1. The maximum Gasteiger partial charge on any atom is 0.421 e. The molecule has 1 atom stereocenters. The third-order valence-electron chi connectivity index (χ3n) is 5.67. The summed E-state index contributed by atoms with van der Waals surface area (Å²) >= 11 is 0. The average Bonchev–Trinajstić information content (AvgIpc) is 3.18. The van der Waals surface area contributed by atoms with Crippen LogP contribution in [0.2, 0.25) is 0 Å². The van der Waals surface area contributed by atoms with Crippen molar-refractivity contribution in [2.75, 3.05) is 6.79 Å². The SMILES string of the molecule is CCCCC/C=C\C/C=C\CCCCCCCC(=O)OCOC(=O)n1cc(P)c2ccccc21. The Hall–Kier alpha value is -2.39. The van der Waals surface area contributed by atoms with E-state index in [1.54, 1.807) is 6.20 Å².